The Labute approximate surface area is 212 Å². The molecule has 3 aromatic carbocycles. The number of rotatable bonds is 7. The van der Waals surface area contributed by atoms with Gasteiger partial charge >= 0.3 is 5.97 Å². The minimum absolute atomic E-state index is 0.0913. The number of nitrogens with zero attached hydrogens (tertiary/aromatic N) is 1. The molecule has 0 atom stereocenters. The molecule has 3 amide bonds. The van der Waals surface area contributed by atoms with Gasteiger partial charge in [-0.1, -0.05) is 29.8 Å². The number of carbonyl (C=O) groups excluding carboxylic acids is 4. The Morgan fingerprint density at radius 3 is 2.03 bits per heavy atom. The van der Waals surface area contributed by atoms with Gasteiger partial charge in [-0.2, -0.15) is 0 Å². The number of amides is 3. The Morgan fingerprint density at radius 1 is 0.806 bits per heavy atom. The Kier molecular flexibility index (Phi) is 7.17. The van der Waals surface area contributed by atoms with Gasteiger partial charge in [0.15, 0.2) is 0 Å². The molecular weight excluding hydrogens is 482 g/mol. The summed E-state index contributed by atoms with van der Waals surface area (Å²) >= 11 is 6.20. The quantitative estimate of drug-likeness (QED) is 0.349. The Hall–Kier alpha value is -4.43. The van der Waals surface area contributed by atoms with Gasteiger partial charge in [0.05, 0.1) is 17.4 Å². The van der Waals surface area contributed by atoms with Gasteiger partial charge in [0.1, 0.15) is 10.7 Å². The molecule has 8 nitrogen and oxygen atoms in total. The first-order valence-corrected chi connectivity index (χ1v) is 11.5. The molecule has 0 saturated carbocycles. The largest absolute Gasteiger partial charge is 0.459 e. The molecule has 0 unspecified atom stereocenters. The average molecular weight is 504 g/mol. The van der Waals surface area contributed by atoms with E-state index in [1.165, 1.54) is 24.3 Å². The molecule has 0 spiro atoms. The second-order valence-corrected chi connectivity index (χ2v) is 8.54. The molecule has 2 N–H and O–H groups in total. The lowest BCUT2D eigenvalue weighted by molar-refractivity contribution is -0.120. The summed E-state index contributed by atoms with van der Waals surface area (Å²) in [6.07, 6.45) is -0.275. The third-order valence-electron chi connectivity index (χ3n) is 5.18. The number of carbonyl (C=O) groups is 4. The van der Waals surface area contributed by atoms with Gasteiger partial charge in [-0.25, -0.2) is 9.69 Å². The van der Waals surface area contributed by atoms with Crippen molar-refractivity contribution in [3.8, 4) is 0 Å². The van der Waals surface area contributed by atoms with E-state index in [1.807, 2.05) is 18.2 Å². The topological polar surface area (TPSA) is 105 Å². The number of halogens is 1. The maximum Gasteiger partial charge on any atom is 0.338 e. The van der Waals surface area contributed by atoms with Gasteiger partial charge in [-0.15, -0.1) is 0 Å². The summed E-state index contributed by atoms with van der Waals surface area (Å²) in [6, 6.07) is 21.3. The fraction of sp³-hybridized carbons (Fsp3) is 0.111. The number of imide groups is 1. The standard InChI is InChI=1S/C27H22ClN3O5/c1-16(2)36-27(35)18-10-14-21(15-11-18)31-25(33)22(28)23(26(31)34)29-20-12-8-17(9-13-20)24(32)30-19-6-4-3-5-7-19/h3-16,29H,1-2H3,(H,30,32). The molecule has 182 valence electrons. The Bertz CT molecular complexity index is 1350. The lowest BCUT2D eigenvalue weighted by atomic mass is 10.2. The summed E-state index contributed by atoms with van der Waals surface area (Å²) in [6.45, 7) is 3.48. The number of hydrogen-bond acceptors (Lipinski definition) is 6. The van der Waals surface area contributed by atoms with Crippen LogP contribution in [0.4, 0.5) is 17.1 Å². The van der Waals surface area contributed by atoms with Crippen LogP contribution in [0, 0.1) is 0 Å². The number of hydrogen-bond donors (Lipinski definition) is 2. The van der Waals surface area contributed by atoms with Crippen molar-refractivity contribution in [1.29, 1.82) is 0 Å². The van der Waals surface area contributed by atoms with Crippen molar-refractivity contribution in [2.75, 3.05) is 15.5 Å². The normalized spacial score (nSPS) is 13.3. The third kappa shape index (κ3) is 5.29. The monoisotopic (exact) mass is 503 g/mol. The fourth-order valence-electron chi connectivity index (χ4n) is 3.45. The number of benzene rings is 3. The minimum Gasteiger partial charge on any atom is -0.459 e. The fourth-order valence-corrected chi connectivity index (χ4v) is 3.66. The third-order valence-corrected chi connectivity index (χ3v) is 5.53. The van der Waals surface area contributed by atoms with Crippen molar-refractivity contribution < 1.29 is 23.9 Å². The van der Waals surface area contributed by atoms with E-state index in [9.17, 15) is 19.2 Å². The highest BCUT2D eigenvalue weighted by Gasteiger charge is 2.39. The van der Waals surface area contributed by atoms with Crippen LogP contribution in [0.5, 0.6) is 0 Å². The molecule has 0 aliphatic carbocycles. The predicted molar refractivity (Wildman–Crippen MR) is 137 cm³/mol. The van der Waals surface area contributed by atoms with Gasteiger partial charge in [0.2, 0.25) is 0 Å². The molecule has 0 bridgehead atoms. The second kappa shape index (κ2) is 10.5. The molecule has 3 aromatic rings. The van der Waals surface area contributed by atoms with Crippen LogP contribution in [-0.4, -0.2) is 29.8 Å². The molecule has 0 saturated heterocycles. The summed E-state index contributed by atoms with van der Waals surface area (Å²) in [7, 11) is 0. The van der Waals surface area contributed by atoms with Crippen LogP contribution in [0.1, 0.15) is 34.6 Å². The van der Waals surface area contributed by atoms with Crippen molar-refractivity contribution >= 4 is 52.4 Å². The number of para-hydroxylation sites is 1. The van der Waals surface area contributed by atoms with E-state index in [0.717, 1.165) is 4.90 Å². The molecule has 0 aromatic heterocycles. The number of esters is 1. The summed E-state index contributed by atoms with van der Waals surface area (Å²) < 4.78 is 5.15. The highest BCUT2D eigenvalue weighted by Crippen LogP contribution is 2.30. The van der Waals surface area contributed by atoms with E-state index in [0.29, 0.717) is 22.5 Å². The first kappa shape index (κ1) is 24.7. The molecule has 0 radical (unpaired) electrons. The SMILES string of the molecule is CC(C)OC(=O)c1ccc(N2C(=O)C(Cl)=C(Nc3ccc(C(=O)Nc4ccccc4)cc3)C2=O)cc1. The summed E-state index contributed by atoms with van der Waals surface area (Å²) in [5.74, 6) is -2.13. The van der Waals surface area contributed by atoms with E-state index in [4.69, 9.17) is 16.3 Å². The van der Waals surface area contributed by atoms with Crippen molar-refractivity contribution in [1.82, 2.24) is 0 Å². The van der Waals surface area contributed by atoms with E-state index >= 15 is 0 Å². The highest BCUT2D eigenvalue weighted by molar-refractivity contribution is 6.53. The maximum atomic E-state index is 13.0. The van der Waals surface area contributed by atoms with Gasteiger partial charge in [-0.3, -0.25) is 14.4 Å². The molecular formula is C27H22ClN3O5. The lowest BCUT2D eigenvalue weighted by Gasteiger charge is -2.16. The molecule has 9 heteroatoms. The zero-order chi connectivity index (χ0) is 25.8. The van der Waals surface area contributed by atoms with Crippen LogP contribution in [0.25, 0.3) is 0 Å². The van der Waals surface area contributed by atoms with E-state index in [-0.39, 0.29) is 28.4 Å². The Morgan fingerprint density at radius 2 is 1.42 bits per heavy atom. The molecule has 0 fully saturated rings. The zero-order valence-corrected chi connectivity index (χ0v) is 20.2. The second-order valence-electron chi connectivity index (χ2n) is 8.16. The van der Waals surface area contributed by atoms with E-state index in [1.54, 1.807) is 50.2 Å². The van der Waals surface area contributed by atoms with Crippen LogP contribution in [0.2, 0.25) is 0 Å². The van der Waals surface area contributed by atoms with Crippen LogP contribution in [0.3, 0.4) is 0 Å². The van der Waals surface area contributed by atoms with E-state index < -0.39 is 17.8 Å². The first-order valence-electron chi connectivity index (χ1n) is 11.1. The van der Waals surface area contributed by atoms with Crippen LogP contribution in [-0.2, 0) is 14.3 Å². The Balaban J connectivity index is 1.45. The smallest absolute Gasteiger partial charge is 0.338 e. The summed E-state index contributed by atoms with van der Waals surface area (Å²) in [5.41, 5.74) is 2.01. The molecule has 4 rings (SSSR count). The summed E-state index contributed by atoms with van der Waals surface area (Å²) in [4.78, 5) is 51.2. The number of ether oxygens (including phenoxy) is 1. The van der Waals surface area contributed by atoms with Crippen LogP contribution in [0.15, 0.2) is 89.6 Å². The number of anilines is 3. The van der Waals surface area contributed by atoms with Gasteiger partial charge in [-0.05, 0) is 74.5 Å². The van der Waals surface area contributed by atoms with Crippen molar-refractivity contribution in [3.63, 3.8) is 0 Å². The maximum absolute atomic E-state index is 13.0. The van der Waals surface area contributed by atoms with Crippen molar-refractivity contribution in [2.45, 2.75) is 20.0 Å². The minimum atomic E-state index is -0.694. The summed E-state index contributed by atoms with van der Waals surface area (Å²) in [5, 5.41) is 5.39. The highest BCUT2D eigenvalue weighted by atomic mass is 35.5. The lowest BCUT2D eigenvalue weighted by Crippen LogP contribution is -2.32. The zero-order valence-electron chi connectivity index (χ0n) is 19.4. The van der Waals surface area contributed by atoms with E-state index in [2.05, 4.69) is 10.6 Å². The van der Waals surface area contributed by atoms with Gasteiger partial charge < -0.3 is 15.4 Å². The average Bonchev–Trinajstić information content (AvgIpc) is 3.07. The van der Waals surface area contributed by atoms with Gasteiger partial charge in [0.25, 0.3) is 17.7 Å². The van der Waals surface area contributed by atoms with Crippen LogP contribution < -0.4 is 15.5 Å². The first-order chi connectivity index (χ1) is 17.2. The van der Waals surface area contributed by atoms with Gasteiger partial charge in [0, 0.05) is 16.9 Å². The predicted octanol–water partition coefficient (Wildman–Crippen LogP) is 4.94. The van der Waals surface area contributed by atoms with Crippen molar-refractivity contribution in [2.24, 2.45) is 0 Å². The molecule has 36 heavy (non-hydrogen) atoms. The number of nitrogens with one attached hydrogen (secondary N) is 2. The molecule has 1 aliphatic heterocycles. The molecule has 1 heterocycles. The molecule has 1 aliphatic rings. The van der Waals surface area contributed by atoms with Crippen molar-refractivity contribution in [3.05, 3.63) is 101 Å². The van der Waals surface area contributed by atoms with Crippen LogP contribution >= 0.6 is 11.6 Å².